The van der Waals surface area contributed by atoms with Crippen LogP contribution in [0.2, 0.25) is 5.15 Å². The fourth-order valence-corrected chi connectivity index (χ4v) is 2.97. The quantitative estimate of drug-likeness (QED) is 0.797. The summed E-state index contributed by atoms with van der Waals surface area (Å²) in [6.45, 7) is 2.18. The molecule has 15 heavy (non-hydrogen) atoms. The van der Waals surface area contributed by atoms with Crippen LogP contribution in [0, 0.1) is 0 Å². The molecule has 0 N–H and O–H groups in total. The largest absolute Gasteiger partial charge is 0.348 e. The van der Waals surface area contributed by atoms with Crippen molar-refractivity contribution in [3.63, 3.8) is 0 Å². The number of hydrogen-bond donors (Lipinski definition) is 0. The van der Waals surface area contributed by atoms with Crippen LogP contribution in [0.4, 0.5) is 5.13 Å². The lowest BCUT2D eigenvalue weighted by molar-refractivity contribution is 0.249. The van der Waals surface area contributed by atoms with Gasteiger partial charge in [-0.15, -0.1) is 11.3 Å². The van der Waals surface area contributed by atoms with Gasteiger partial charge in [0.05, 0.1) is 0 Å². The van der Waals surface area contributed by atoms with Gasteiger partial charge in [0.2, 0.25) is 0 Å². The van der Waals surface area contributed by atoms with E-state index in [0.717, 1.165) is 24.3 Å². The van der Waals surface area contributed by atoms with Gasteiger partial charge in [0.25, 0.3) is 0 Å². The third-order valence-corrected chi connectivity index (χ3v) is 4.15. The molecule has 1 aromatic heterocycles. The summed E-state index contributed by atoms with van der Waals surface area (Å²) < 4.78 is 0. The number of halogens is 1. The minimum absolute atomic E-state index is 0.615. The Hall–Kier alpha value is -0.320. The molecule has 0 saturated carbocycles. The van der Waals surface area contributed by atoms with Crippen LogP contribution >= 0.6 is 22.9 Å². The first-order chi connectivity index (χ1) is 7.16. The molecule has 0 aromatic carbocycles. The van der Waals surface area contributed by atoms with E-state index in [1.54, 1.807) is 11.3 Å². The maximum atomic E-state index is 5.82. The minimum atomic E-state index is 0.615. The number of nitrogens with zero attached hydrogens (tertiary/aromatic N) is 3. The van der Waals surface area contributed by atoms with Crippen LogP contribution < -0.4 is 4.90 Å². The molecule has 5 heteroatoms. The fourth-order valence-electron chi connectivity index (χ4n) is 1.96. The normalized spacial score (nSPS) is 18.8. The Morgan fingerprint density at radius 3 is 2.60 bits per heavy atom. The van der Waals surface area contributed by atoms with E-state index in [9.17, 15) is 0 Å². The van der Waals surface area contributed by atoms with E-state index in [4.69, 9.17) is 11.6 Å². The Kier molecular flexibility index (Phi) is 3.49. The van der Waals surface area contributed by atoms with Crippen LogP contribution in [-0.2, 0) is 0 Å². The van der Waals surface area contributed by atoms with Gasteiger partial charge in [-0.05, 0) is 26.9 Å². The van der Waals surface area contributed by atoms with E-state index in [0.29, 0.717) is 5.15 Å². The molecule has 1 aliphatic heterocycles. The number of anilines is 1. The second-order valence-electron chi connectivity index (χ2n) is 4.13. The molecule has 2 heterocycles. The molecule has 2 rings (SSSR count). The lowest BCUT2D eigenvalue weighted by Crippen LogP contribution is -2.41. The van der Waals surface area contributed by atoms with Gasteiger partial charge in [-0.2, -0.15) is 0 Å². The molecule has 0 radical (unpaired) electrons. The number of rotatable bonds is 2. The van der Waals surface area contributed by atoms with Gasteiger partial charge in [-0.1, -0.05) is 11.6 Å². The van der Waals surface area contributed by atoms with Crippen LogP contribution in [0.3, 0.4) is 0 Å². The highest BCUT2D eigenvalue weighted by molar-refractivity contribution is 7.14. The predicted octanol–water partition coefficient (Wildman–Crippen LogP) is 2.33. The van der Waals surface area contributed by atoms with Gasteiger partial charge in [-0.3, -0.25) is 0 Å². The Morgan fingerprint density at radius 2 is 2.13 bits per heavy atom. The van der Waals surface area contributed by atoms with Crippen LogP contribution in [-0.4, -0.2) is 43.1 Å². The second-order valence-corrected chi connectivity index (χ2v) is 5.36. The zero-order valence-corrected chi connectivity index (χ0v) is 10.7. The molecule has 0 spiro atoms. The SMILES string of the molecule is CN(C)C1CCN(c2nc(Cl)cs2)CC1. The van der Waals surface area contributed by atoms with Crippen molar-refractivity contribution < 1.29 is 0 Å². The van der Waals surface area contributed by atoms with Crippen molar-refractivity contribution in [2.45, 2.75) is 18.9 Å². The summed E-state index contributed by atoms with van der Waals surface area (Å²) in [6, 6.07) is 0.719. The van der Waals surface area contributed by atoms with E-state index in [-0.39, 0.29) is 0 Å². The first-order valence-electron chi connectivity index (χ1n) is 5.19. The first kappa shape index (κ1) is 11.2. The maximum absolute atomic E-state index is 5.82. The van der Waals surface area contributed by atoms with Crippen molar-refractivity contribution in [2.24, 2.45) is 0 Å². The fraction of sp³-hybridized carbons (Fsp3) is 0.700. The Labute approximate surface area is 99.7 Å². The third-order valence-electron chi connectivity index (χ3n) is 2.93. The predicted molar refractivity (Wildman–Crippen MR) is 66.0 cm³/mol. The molecule has 84 valence electrons. The number of thiazole rings is 1. The summed E-state index contributed by atoms with van der Waals surface area (Å²) in [5.74, 6) is 0. The lowest BCUT2D eigenvalue weighted by atomic mass is 10.0. The average Bonchev–Trinajstić information content (AvgIpc) is 2.65. The van der Waals surface area contributed by atoms with E-state index >= 15 is 0 Å². The van der Waals surface area contributed by atoms with Crippen LogP contribution in [0.1, 0.15) is 12.8 Å². The summed E-state index contributed by atoms with van der Waals surface area (Å²) in [5, 5.41) is 3.58. The highest BCUT2D eigenvalue weighted by Crippen LogP contribution is 2.26. The average molecular weight is 246 g/mol. The van der Waals surface area contributed by atoms with E-state index in [1.807, 2.05) is 5.38 Å². The zero-order chi connectivity index (χ0) is 10.8. The number of hydrogen-bond acceptors (Lipinski definition) is 4. The zero-order valence-electron chi connectivity index (χ0n) is 9.11. The van der Waals surface area contributed by atoms with Gasteiger partial charge in [0, 0.05) is 24.5 Å². The maximum Gasteiger partial charge on any atom is 0.186 e. The molecular formula is C10H16ClN3S. The Balaban J connectivity index is 1.93. The lowest BCUT2D eigenvalue weighted by Gasteiger charge is -2.34. The summed E-state index contributed by atoms with van der Waals surface area (Å²) in [7, 11) is 4.31. The standard InChI is InChI=1S/C10H16ClN3S/c1-13(2)8-3-5-14(6-4-8)10-12-9(11)7-15-10/h7-8H,3-6H2,1-2H3. The van der Waals surface area contributed by atoms with Crippen molar-refractivity contribution in [1.29, 1.82) is 0 Å². The van der Waals surface area contributed by atoms with E-state index in [2.05, 4.69) is 28.9 Å². The van der Waals surface area contributed by atoms with E-state index in [1.165, 1.54) is 12.8 Å². The molecule has 1 fully saturated rings. The van der Waals surface area contributed by atoms with Gasteiger partial charge >= 0.3 is 0 Å². The molecule has 0 bridgehead atoms. The van der Waals surface area contributed by atoms with Gasteiger partial charge in [0.1, 0.15) is 5.15 Å². The van der Waals surface area contributed by atoms with Gasteiger partial charge < -0.3 is 9.80 Å². The first-order valence-corrected chi connectivity index (χ1v) is 6.45. The van der Waals surface area contributed by atoms with Crippen molar-refractivity contribution in [1.82, 2.24) is 9.88 Å². The van der Waals surface area contributed by atoms with Gasteiger partial charge in [0.15, 0.2) is 5.13 Å². The molecule has 1 aliphatic rings. The number of piperidine rings is 1. The monoisotopic (exact) mass is 245 g/mol. The second kappa shape index (κ2) is 4.68. The molecule has 1 saturated heterocycles. The highest BCUT2D eigenvalue weighted by atomic mass is 35.5. The highest BCUT2D eigenvalue weighted by Gasteiger charge is 2.22. The summed E-state index contributed by atoms with van der Waals surface area (Å²) in [4.78, 5) is 8.94. The summed E-state index contributed by atoms with van der Waals surface area (Å²) in [5.41, 5.74) is 0. The third kappa shape index (κ3) is 2.62. The Morgan fingerprint density at radius 1 is 1.47 bits per heavy atom. The van der Waals surface area contributed by atoms with Gasteiger partial charge in [-0.25, -0.2) is 4.98 Å². The molecular weight excluding hydrogens is 230 g/mol. The molecule has 0 aliphatic carbocycles. The smallest absolute Gasteiger partial charge is 0.186 e. The molecule has 0 amide bonds. The topological polar surface area (TPSA) is 19.4 Å². The van der Waals surface area contributed by atoms with Crippen LogP contribution in [0.15, 0.2) is 5.38 Å². The van der Waals surface area contributed by atoms with Crippen molar-refractivity contribution >= 4 is 28.1 Å². The molecule has 1 aromatic rings. The summed E-state index contributed by atoms with van der Waals surface area (Å²) in [6.07, 6.45) is 2.42. The van der Waals surface area contributed by atoms with Crippen molar-refractivity contribution in [3.8, 4) is 0 Å². The molecule has 0 unspecified atom stereocenters. The minimum Gasteiger partial charge on any atom is -0.348 e. The molecule has 3 nitrogen and oxygen atoms in total. The van der Waals surface area contributed by atoms with Crippen LogP contribution in [0.5, 0.6) is 0 Å². The van der Waals surface area contributed by atoms with E-state index < -0.39 is 0 Å². The number of aromatic nitrogens is 1. The van der Waals surface area contributed by atoms with Crippen molar-refractivity contribution in [2.75, 3.05) is 32.1 Å². The van der Waals surface area contributed by atoms with Crippen LogP contribution in [0.25, 0.3) is 0 Å². The Bertz CT molecular complexity index is 318. The summed E-state index contributed by atoms with van der Waals surface area (Å²) >= 11 is 7.46. The molecule has 0 atom stereocenters. The van der Waals surface area contributed by atoms with Crippen molar-refractivity contribution in [3.05, 3.63) is 10.5 Å².